The predicted octanol–water partition coefficient (Wildman–Crippen LogP) is 2.18. The van der Waals surface area contributed by atoms with Crippen molar-refractivity contribution in [1.82, 2.24) is 9.97 Å². The van der Waals surface area contributed by atoms with Crippen molar-refractivity contribution in [2.45, 2.75) is 6.42 Å². The summed E-state index contributed by atoms with van der Waals surface area (Å²) in [6, 6.07) is 10.9. The molecular weight excluding hydrogens is 334 g/mol. The summed E-state index contributed by atoms with van der Waals surface area (Å²) in [4.78, 5) is 32.6. The molecule has 1 amide bonds. The number of aromatic nitrogens is 2. The van der Waals surface area contributed by atoms with Gasteiger partial charge in [0.15, 0.2) is 0 Å². The molecule has 0 aliphatic carbocycles. The molecule has 2 heterocycles. The van der Waals surface area contributed by atoms with E-state index in [9.17, 15) is 9.59 Å². The van der Waals surface area contributed by atoms with Crippen LogP contribution >= 0.6 is 15.9 Å². The van der Waals surface area contributed by atoms with E-state index in [1.807, 2.05) is 30.3 Å². The zero-order valence-electron chi connectivity index (χ0n) is 11.3. The molecule has 1 unspecified atom stereocenters. The molecule has 1 atom stereocenters. The average molecular weight is 348 g/mol. The fraction of sp³-hybridized carbons (Fsp3) is 0.267. The first-order chi connectivity index (χ1) is 10.2. The van der Waals surface area contributed by atoms with Crippen LogP contribution in [0.1, 0.15) is 6.42 Å². The summed E-state index contributed by atoms with van der Waals surface area (Å²) >= 11 is 3.40. The van der Waals surface area contributed by atoms with Crippen molar-refractivity contribution in [3.8, 4) is 11.3 Å². The molecule has 1 aromatic heterocycles. The molecule has 21 heavy (non-hydrogen) atoms. The maximum Gasteiger partial charge on any atom is 0.252 e. The Morgan fingerprint density at radius 1 is 1.29 bits per heavy atom. The van der Waals surface area contributed by atoms with Crippen molar-refractivity contribution in [3.05, 3.63) is 46.8 Å². The lowest BCUT2D eigenvalue weighted by atomic mass is 10.1. The van der Waals surface area contributed by atoms with Crippen LogP contribution in [0.3, 0.4) is 0 Å². The van der Waals surface area contributed by atoms with Crippen LogP contribution in [0.5, 0.6) is 0 Å². The summed E-state index contributed by atoms with van der Waals surface area (Å²) < 4.78 is 0. The van der Waals surface area contributed by atoms with Gasteiger partial charge in [0, 0.05) is 29.9 Å². The molecule has 0 spiro atoms. The summed E-state index contributed by atoms with van der Waals surface area (Å²) in [5.41, 5.74) is 1.17. The van der Waals surface area contributed by atoms with E-state index in [0.29, 0.717) is 24.6 Å². The molecule has 5 nitrogen and oxygen atoms in total. The third-order valence-corrected chi connectivity index (χ3v) is 4.39. The van der Waals surface area contributed by atoms with E-state index in [-0.39, 0.29) is 17.4 Å². The molecule has 1 aliphatic heterocycles. The standard InChI is InChI=1S/C15H14BrN3O2/c16-8-10-6-14(21)19(9-10)15-17-12(7-13(20)18-15)11-4-2-1-3-5-11/h1-5,7,10H,6,8-9H2,(H,17,18,20). The van der Waals surface area contributed by atoms with E-state index in [2.05, 4.69) is 25.9 Å². The average Bonchev–Trinajstić information content (AvgIpc) is 2.89. The highest BCUT2D eigenvalue weighted by Crippen LogP contribution is 2.24. The van der Waals surface area contributed by atoms with Gasteiger partial charge >= 0.3 is 0 Å². The summed E-state index contributed by atoms with van der Waals surface area (Å²) in [5, 5.41) is 0.762. The Balaban J connectivity index is 1.99. The SMILES string of the molecule is O=C1CC(CBr)CN1c1nc(-c2ccccc2)cc(=O)[nH]1. The molecule has 0 saturated carbocycles. The van der Waals surface area contributed by atoms with Crippen LogP contribution in [-0.2, 0) is 4.79 Å². The van der Waals surface area contributed by atoms with Gasteiger partial charge < -0.3 is 0 Å². The van der Waals surface area contributed by atoms with Gasteiger partial charge in [-0.2, -0.15) is 0 Å². The number of carbonyl (C=O) groups excluding carboxylic acids is 1. The van der Waals surface area contributed by atoms with E-state index < -0.39 is 0 Å². The highest BCUT2D eigenvalue weighted by Gasteiger charge is 2.31. The van der Waals surface area contributed by atoms with Gasteiger partial charge in [0.2, 0.25) is 11.9 Å². The largest absolute Gasteiger partial charge is 0.292 e. The van der Waals surface area contributed by atoms with Crippen LogP contribution < -0.4 is 10.5 Å². The number of H-pyrrole nitrogens is 1. The van der Waals surface area contributed by atoms with Gasteiger partial charge in [-0.3, -0.25) is 19.5 Å². The number of nitrogens with zero attached hydrogens (tertiary/aromatic N) is 2. The Labute approximate surface area is 130 Å². The number of amides is 1. The van der Waals surface area contributed by atoms with E-state index in [1.165, 1.54) is 6.07 Å². The summed E-state index contributed by atoms with van der Waals surface area (Å²) in [5.74, 6) is 0.575. The Morgan fingerprint density at radius 3 is 2.71 bits per heavy atom. The Kier molecular flexibility index (Phi) is 3.88. The Hall–Kier alpha value is -1.95. The van der Waals surface area contributed by atoms with Crippen LogP contribution in [0.15, 0.2) is 41.2 Å². The molecule has 1 aliphatic rings. The van der Waals surface area contributed by atoms with Gasteiger partial charge in [-0.1, -0.05) is 46.3 Å². The maximum atomic E-state index is 12.0. The van der Waals surface area contributed by atoms with Crippen LogP contribution in [-0.4, -0.2) is 27.7 Å². The number of hydrogen-bond acceptors (Lipinski definition) is 3. The minimum absolute atomic E-state index is 0.00666. The molecule has 1 saturated heterocycles. The second-order valence-electron chi connectivity index (χ2n) is 5.05. The number of alkyl halides is 1. The van der Waals surface area contributed by atoms with Gasteiger partial charge in [0.1, 0.15) is 0 Å². The van der Waals surface area contributed by atoms with Crippen molar-refractivity contribution in [1.29, 1.82) is 0 Å². The lowest BCUT2D eigenvalue weighted by Crippen LogP contribution is -2.29. The van der Waals surface area contributed by atoms with Crippen molar-refractivity contribution in [3.63, 3.8) is 0 Å². The third-order valence-electron chi connectivity index (χ3n) is 3.48. The number of aromatic amines is 1. The van der Waals surface area contributed by atoms with Gasteiger partial charge in [-0.05, 0) is 5.92 Å². The minimum atomic E-state index is -0.256. The summed E-state index contributed by atoms with van der Waals surface area (Å²) in [6.45, 7) is 0.575. The number of benzene rings is 1. The van der Waals surface area contributed by atoms with Gasteiger partial charge in [0.25, 0.3) is 5.56 Å². The molecule has 0 radical (unpaired) electrons. The first-order valence-corrected chi connectivity index (χ1v) is 7.82. The van der Waals surface area contributed by atoms with E-state index >= 15 is 0 Å². The lowest BCUT2D eigenvalue weighted by molar-refractivity contribution is -0.117. The molecule has 0 bridgehead atoms. The molecule has 3 rings (SSSR count). The fourth-order valence-electron chi connectivity index (χ4n) is 2.42. The molecular formula is C15H14BrN3O2. The van der Waals surface area contributed by atoms with Crippen LogP contribution in [0, 0.1) is 5.92 Å². The summed E-state index contributed by atoms with van der Waals surface area (Å²) in [7, 11) is 0. The van der Waals surface area contributed by atoms with Crippen molar-refractivity contribution in [2.24, 2.45) is 5.92 Å². The van der Waals surface area contributed by atoms with Gasteiger partial charge in [-0.25, -0.2) is 4.98 Å². The number of hydrogen-bond donors (Lipinski definition) is 1. The second kappa shape index (κ2) is 5.81. The van der Waals surface area contributed by atoms with Crippen molar-refractivity contribution < 1.29 is 4.79 Å². The smallest absolute Gasteiger partial charge is 0.252 e. The number of halogens is 1. The Morgan fingerprint density at radius 2 is 2.05 bits per heavy atom. The monoisotopic (exact) mass is 347 g/mol. The van der Waals surface area contributed by atoms with Gasteiger partial charge in [-0.15, -0.1) is 0 Å². The molecule has 1 fully saturated rings. The topological polar surface area (TPSA) is 66.1 Å². The minimum Gasteiger partial charge on any atom is -0.292 e. The van der Waals surface area contributed by atoms with Crippen molar-refractivity contribution in [2.75, 3.05) is 16.8 Å². The summed E-state index contributed by atoms with van der Waals surface area (Å²) in [6.07, 6.45) is 0.477. The van der Waals surface area contributed by atoms with Crippen LogP contribution in [0.4, 0.5) is 5.95 Å². The molecule has 6 heteroatoms. The lowest BCUT2D eigenvalue weighted by Gasteiger charge is -2.15. The van der Waals surface area contributed by atoms with Gasteiger partial charge in [0.05, 0.1) is 5.69 Å². The number of carbonyl (C=O) groups is 1. The van der Waals surface area contributed by atoms with Crippen LogP contribution in [0.2, 0.25) is 0 Å². The van der Waals surface area contributed by atoms with Crippen LogP contribution in [0.25, 0.3) is 11.3 Å². The molecule has 1 aromatic carbocycles. The second-order valence-corrected chi connectivity index (χ2v) is 5.70. The zero-order valence-corrected chi connectivity index (χ0v) is 12.8. The maximum absolute atomic E-state index is 12.0. The Bertz CT molecular complexity index is 714. The highest BCUT2D eigenvalue weighted by atomic mass is 79.9. The number of nitrogens with one attached hydrogen (secondary N) is 1. The first-order valence-electron chi connectivity index (χ1n) is 6.70. The highest BCUT2D eigenvalue weighted by molar-refractivity contribution is 9.09. The first kappa shape index (κ1) is 14.0. The molecule has 108 valence electrons. The van der Waals surface area contributed by atoms with E-state index in [1.54, 1.807) is 4.90 Å². The van der Waals surface area contributed by atoms with Crippen molar-refractivity contribution >= 4 is 27.8 Å². The van der Waals surface area contributed by atoms with E-state index in [4.69, 9.17) is 0 Å². The number of anilines is 1. The molecule has 2 aromatic rings. The third kappa shape index (κ3) is 2.90. The fourth-order valence-corrected chi connectivity index (χ4v) is 2.85. The normalized spacial score (nSPS) is 18.2. The number of rotatable bonds is 3. The molecule has 1 N–H and O–H groups in total. The quantitative estimate of drug-likeness (QED) is 0.865. The van der Waals surface area contributed by atoms with E-state index in [0.717, 1.165) is 10.9 Å². The zero-order chi connectivity index (χ0) is 14.8. The predicted molar refractivity (Wildman–Crippen MR) is 84.5 cm³/mol.